The average Bonchev–Trinajstić information content (AvgIpc) is 2.85. The molecule has 0 saturated heterocycles. The molecule has 2 aromatic rings. The van der Waals surface area contributed by atoms with Gasteiger partial charge in [0.25, 0.3) is 0 Å². The van der Waals surface area contributed by atoms with Crippen molar-refractivity contribution < 1.29 is 0 Å². The summed E-state index contributed by atoms with van der Waals surface area (Å²) >= 11 is 6.42. The topological polar surface area (TPSA) is 17.8 Å². The first kappa shape index (κ1) is 13.2. The molecule has 18 heavy (non-hydrogen) atoms. The Bertz CT molecular complexity index is 464. The lowest BCUT2D eigenvalue weighted by Gasteiger charge is -2.10. The van der Waals surface area contributed by atoms with Gasteiger partial charge in [-0.15, -0.1) is 11.6 Å². The van der Waals surface area contributed by atoms with Crippen LogP contribution in [-0.2, 0) is 13.0 Å². The Kier molecular flexibility index (Phi) is 4.82. The molecular formula is C15H19ClN2. The van der Waals surface area contributed by atoms with Crippen LogP contribution in [-0.4, -0.2) is 9.78 Å². The van der Waals surface area contributed by atoms with Crippen LogP contribution in [0.4, 0.5) is 0 Å². The van der Waals surface area contributed by atoms with Crippen LogP contribution in [0.15, 0.2) is 42.6 Å². The molecule has 1 unspecified atom stereocenters. The van der Waals surface area contributed by atoms with Gasteiger partial charge in [0.1, 0.15) is 0 Å². The first-order valence-corrected chi connectivity index (χ1v) is 6.94. The number of hydrogen-bond donors (Lipinski definition) is 0. The highest BCUT2D eigenvalue weighted by atomic mass is 35.5. The summed E-state index contributed by atoms with van der Waals surface area (Å²) in [6.45, 7) is 3.15. The van der Waals surface area contributed by atoms with Crippen LogP contribution in [0.1, 0.15) is 36.4 Å². The fraction of sp³-hybridized carbons (Fsp3) is 0.400. The number of aromatic nitrogens is 2. The van der Waals surface area contributed by atoms with E-state index < -0.39 is 0 Å². The van der Waals surface area contributed by atoms with Crippen molar-refractivity contribution in [2.45, 2.75) is 38.1 Å². The molecule has 1 heterocycles. The van der Waals surface area contributed by atoms with Gasteiger partial charge in [-0.05, 0) is 30.9 Å². The first-order chi connectivity index (χ1) is 8.81. The predicted octanol–water partition coefficient (Wildman–Crippen LogP) is 4.21. The summed E-state index contributed by atoms with van der Waals surface area (Å²) < 4.78 is 2.08. The molecule has 3 heteroatoms. The van der Waals surface area contributed by atoms with Gasteiger partial charge in [0.05, 0.1) is 5.38 Å². The highest BCUT2D eigenvalue weighted by Crippen LogP contribution is 2.25. The molecule has 0 radical (unpaired) electrons. The lowest BCUT2D eigenvalue weighted by Crippen LogP contribution is -2.05. The highest BCUT2D eigenvalue weighted by molar-refractivity contribution is 6.20. The second-order valence-corrected chi connectivity index (χ2v) is 4.99. The van der Waals surface area contributed by atoms with Crippen molar-refractivity contribution in [2.75, 3.05) is 0 Å². The third kappa shape index (κ3) is 3.36. The number of benzene rings is 1. The Hall–Kier alpha value is -1.28. The van der Waals surface area contributed by atoms with Gasteiger partial charge in [-0.25, -0.2) is 0 Å². The van der Waals surface area contributed by atoms with E-state index in [1.54, 1.807) is 0 Å². The van der Waals surface area contributed by atoms with Gasteiger partial charge in [0.2, 0.25) is 0 Å². The maximum atomic E-state index is 6.42. The zero-order chi connectivity index (χ0) is 12.8. The van der Waals surface area contributed by atoms with Crippen LogP contribution in [0.3, 0.4) is 0 Å². The van der Waals surface area contributed by atoms with Crippen molar-refractivity contribution >= 4 is 11.6 Å². The van der Waals surface area contributed by atoms with Gasteiger partial charge in [0, 0.05) is 18.4 Å². The Morgan fingerprint density at radius 1 is 1.22 bits per heavy atom. The molecule has 2 nitrogen and oxygen atoms in total. The van der Waals surface area contributed by atoms with Crippen molar-refractivity contribution in [3.63, 3.8) is 0 Å². The maximum absolute atomic E-state index is 6.42. The molecule has 0 N–H and O–H groups in total. The normalized spacial score (nSPS) is 12.6. The number of nitrogens with zero attached hydrogens (tertiary/aromatic N) is 2. The van der Waals surface area contributed by atoms with Crippen LogP contribution >= 0.6 is 11.6 Å². The summed E-state index contributed by atoms with van der Waals surface area (Å²) in [6.07, 6.45) is 4.90. The second-order valence-electron chi connectivity index (χ2n) is 4.46. The Morgan fingerprint density at radius 3 is 2.72 bits per heavy atom. The highest BCUT2D eigenvalue weighted by Gasteiger charge is 2.09. The number of aryl methyl sites for hydroxylation is 2. The van der Waals surface area contributed by atoms with Crippen molar-refractivity contribution in [3.05, 3.63) is 53.9 Å². The van der Waals surface area contributed by atoms with Crippen molar-refractivity contribution in [1.82, 2.24) is 9.78 Å². The molecule has 0 bridgehead atoms. The molecule has 0 amide bonds. The van der Waals surface area contributed by atoms with E-state index in [1.165, 1.54) is 11.3 Å². The van der Waals surface area contributed by atoms with Gasteiger partial charge >= 0.3 is 0 Å². The minimum absolute atomic E-state index is 0.0798. The lowest BCUT2D eigenvalue weighted by molar-refractivity contribution is 0.565. The van der Waals surface area contributed by atoms with E-state index in [1.807, 2.05) is 24.4 Å². The minimum Gasteiger partial charge on any atom is -0.270 e. The van der Waals surface area contributed by atoms with Crippen LogP contribution in [0.5, 0.6) is 0 Å². The Balaban J connectivity index is 1.93. The summed E-state index contributed by atoms with van der Waals surface area (Å²) in [5.74, 6) is 0. The van der Waals surface area contributed by atoms with Crippen LogP contribution in [0, 0.1) is 0 Å². The van der Waals surface area contributed by atoms with Crippen LogP contribution in [0.2, 0.25) is 0 Å². The van der Waals surface area contributed by atoms with Gasteiger partial charge in [-0.1, -0.05) is 37.3 Å². The molecule has 0 aliphatic carbocycles. The monoisotopic (exact) mass is 262 g/mol. The summed E-state index contributed by atoms with van der Waals surface area (Å²) in [7, 11) is 0. The molecule has 2 rings (SSSR count). The van der Waals surface area contributed by atoms with E-state index in [-0.39, 0.29) is 5.38 Å². The molecule has 1 atom stereocenters. The summed E-state index contributed by atoms with van der Waals surface area (Å²) in [5.41, 5.74) is 2.47. The minimum atomic E-state index is 0.0798. The predicted molar refractivity (Wildman–Crippen MR) is 75.9 cm³/mol. The van der Waals surface area contributed by atoms with E-state index in [4.69, 9.17) is 11.6 Å². The zero-order valence-electron chi connectivity index (χ0n) is 10.7. The van der Waals surface area contributed by atoms with Crippen LogP contribution < -0.4 is 0 Å². The standard InChI is InChI=1S/C15H19ClN2/c1-2-12-18-14(10-11-17-18)8-9-15(16)13-6-4-3-5-7-13/h3-7,10-11,15H,2,8-9,12H2,1H3. The summed E-state index contributed by atoms with van der Waals surface area (Å²) in [4.78, 5) is 0. The van der Waals surface area contributed by atoms with Gasteiger partial charge in [-0.2, -0.15) is 5.10 Å². The average molecular weight is 263 g/mol. The number of hydrogen-bond acceptors (Lipinski definition) is 1. The molecular weight excluding hydrogens is 244 g/mol. The summed E-state index contributed by atoms with van der Waals surface area (Å²) in [6, 6.07) is 12.3. The van der Waals surface area contributed by atoms with E-state index in [0.717, 1.165) is 25.8 Å². The van der Waals surface area contributed by atoms with E-state index in [9.17, 15) is 0 Å². The SMILES string of the molecule is CCCn1nccc1CCC(Cl)c1ccccc1. The third-order valence-corrected chi connectivity index (χ3v) is 3.53. The van der Waals surface area contributed by atoms with Gasteiger partial charge < -0.3 is 0 Å². The van der Waals surface area contributed by atoms with Gasteiger partial charge in [-0.3, -0.25) is 4.68 Å². The molecule has 0 fully saturated rings. The van der Waals surface area contributed by atoms with E-state index in [0.29, 0.717) is 0 Å². The lowest BCUT2D eigenvalue weighted by atomic mass is 10.1. The number of rotatable bonds is 6. The second kappa shape index (κ2) is 6.60. The number of halogens is 1. The molecule has 96 valence electrons. The van der Waals surface area contributed by atoms with E-state index >= 15 is 0 Å². The van der Waals surface area contributed by atoms with Gasteiger partial charge in [0.15, 0.2) is 0 Å². The fourth-order valence-corrected chi connectivity index (χ4v) is 2.34. The molecule has 1 aromatic heterocycles. The fourth-order valence-electron chi connectivity index (χ4n) is 2.09. The Labute approximate surface area is 114 Å². The molecule has 1 aromatic carbocycles. The largest absolute Gasteiger partial charge is 0.270 e. The summed E-state index contributed by atoms with van der Waals surface area (Å²) in [5, 5.41) is 4.41. The molecule has 0 aliphatic heterocycles. The number of alkyl halides is 1. The molecule has 0 saturated carbocycles. The third-order valence-electron chi connectivity index (χ3n) is 3.06. The molecule has 0 spiro atoms. The Morgan fingerprint density at radius 2 is 2.00 bits per heavy atom. The quantitative estimate of drug-likeness (QED) is 0.713. The molecule has 0 aliphatic rings. The first-order valence-electron chi connectivity index (χ1n) is 6.51. The smallest absolute Gasteiger partial charge is 0.0589 e. The zero-order valence-corrected chi connectivity index (χ0v) is 11.5. The van der Waals surface area contributed by atoms with Crippen LogP contribution in [0.25, 0.3) is 0 Å². The van der Waals surface area contributed by atoms with Crippen molar-refractivity contribution in [2.24, 2.45) is 0 Å². The van der Waals surface area contributed by atoms with Crippen molar-refractivity contribution in [1.29, 1.82) is 0 Å². The van der Waals surface area contributed by atoms with Crippen molar-refractivity contribution in [3.8, 4) is 0 Å². The van der Waals surface area contributed by atoms with E-state index in [2.05, 4.69) is 34.9 Å². The maximum Gasteiger partial charge on any atom is 0.0589 e.